The van der Waals surface area contributed by atoms with Crippen LogP contribution in [0.3, 0.4) is 0 Å². The van der Waals surface area contributed by atoms with E-state index in [0.717, 1.165) is 82.0 Å². The molecule has 2 atom stereocenters. The molecule has 0 saturated carbocycles. The number of aromatic hydroxyl groups is 1. The van der Waals surface area contributed by atoms with Crippen molar-refractivity contribution in [3.05, 3.63) is 34.9 Å². The van der Waals surface area contributed by atoms with E-state index in [9.17, 15) is 18.3 Å². The number of aromatic nitrogens is 2. The second kappa shape index (κ2) is 8.19. The van der Waals surface area contributed by atoms with Gasteiger partial charge in [-0.2, -0.15) is 13.2 Å². The van der Waals surface area contributed by atoms with Crippen LogP contribution in [0.1, 0.15) is 36.0 Å². The van der Waals surface area contributed by atoms with E-state index >= 15 is 0 Å². The summed E-state index contributed by atoms with van der Waals surface area (Å²) in [4.78, 5) is 4.86. The van der Waals surface area contributed by atoms with Gasteiger partial charge in [0.2, 0.25) is 0 Å². The zero-order chi connectivity index (χ0) is 22.5. The average molecular weight is 448 g/mol. The molecule has 6 nitrogen and oxygen atoms in total. The van der Waals surface area contributed by atoms with Crippen LogP contribution in [0.15, 0.2) is 18.2 Å². The number of rotatable bonds is 3. The topological polar surface area (TPSA) is 61.7 Å². The Kier molecular flexibility index (Phi) is 5.49. The number of nitrogens with zero attached hydrogens (tertiary/aromatic N) is 4. The van der Waals surface area contributed by atoms with E-state index in [-0.39, 0.29) is 0 Å². The highest BCUT2D eigenvalue weighted by atomic mass is 19.4. The number of halogens is 3. The summed E-state index contributed by atoms with van der Waals surface area (Å²) in [7, 11) is 0. The molecular formula is C23H27F3N4O2. The van der Waals surface area contributed by atoms with Crippen molar-refractivity contribution in [1.82, 2.24) is 15.1 Å². The fourth-order valence-corrected chi connectivity index (χ4v) is 5.32. The van der Waals surface area contributed by atoms with Gasteiger partial charge in [0.05, 0.1) is 17.9 Å². The largest absolute Gasteiger partial charge is 0.507 e. The lowest BCUT2D eigenvalue weighted by atomic mass is 9.99. The van der Waals surface area contributed by atoms with Gasteiger partial charge in [-0.1, -0.05) is 0 Å². The number of likely N-dealkylation sites (tertiary alicyclic amines) is 1. The van der Waals surface area contributed by atoms with Gasteiger partial charge in [0.1, 0.15) is 5.75 Å². The summed E-state index contributed by atoms with van der Waals surface area (Å²) in [6, 6.07) is 4.53. The smallest absolute Gasteiger partial charge is 0.416 e. The molecule has 0 aliphatic carbocycles. The second-order valence-corrected chi connectivity index (χ2v) is 9.02. The van der Waals surface area contributed by atoms with E-state index in [4.69, 9.17) is 4.74 Å². The van der Waals surface area contributed by atoms with E-state index < -0.39 is 17.5 Å². The van der Waals surface area contributed by atoms with Crippen LogP contribution in [0.5, 0.6) is 5.75 Å². The first-order valence-electron chi connectivity index (χ1n) is 11.2. The summed E-state index contributed by atoms with van der Waals surface area (Å²) in [6.45, 7) is 6.13. The molecule has 2 aromatic rings. The average Bonchev–Trinajstić information content (AvgIpc) is 3.43. The molecule has 0 spiro atoms. The predicted octanol–water partition coefficient (Wildman–Crippen LogP) is 3.79. The molecule has 2 saturated heterocycles. The number of alkyl halides is 3. The minimum Gasteiger partial charge on any atom is -0.507 e. The number of hydrogen-bond acceptors (Lipinski definition) is 6. The van der Waals surface area contributed by atoms with Crippen LogP contribution >= 0.6 is 0 Å². The van der Waals surface area contributed by atoms with Gasteiger partial charge in [0, 0.05) is 42.9 Å². The number of benzene rings is 1. The number of phenolic OH excluding ortho intramolecular Hbond substituents is 1. The van der Waals surface area contributed by atoms with Crippen LogP contribution < -0.4 is 4.90 Å². The molecule has 3 aliphatic heterocycles. The van der Waals surface area contributed by atoms with Crippen molar-refractivity contribution in [2.75, 3.05) is 37.7 Å². The normalized spacial score (nSPS) is 24.2. The van der Waals surface area contributed by atoms with Gasteiger partial charge in [0.25, 0.3) is 0 Å². The van der Waals surface area contributed by atoms with E-state index in [2.05, 4.69) is 20.0 Å². The summed E-state index contributed by atoms with van der Waals surface area (Å²) in [6.07, 6.45) is -0.379. The molecule has 172 valence electrons. The van der Waals surface area contributed by atoms with Crippen LogP contribution in [-0.2, 0) is 17.3 Å². The highest BCUT2D eigenvalue weighted by Crippen LogP contribution is 2.40. The van der Waals surface area contributed by atoms with E-state index in [0.29, 0.717) is 28.9 Å². The summed E-state index contributed by atoms with van der Waals surface area (Å²) in [5.74, 6) is 0.426. The third-order valence-electron chi connectivity index (χ3n) is 6.93. The van der Waals surface area contributed by atoms with Gasteiger partial charge in [-0.3, -0.25) is 4.90 Å². The lowest BCUT2D eigenvalue weighted by molar-refractivity contribution is -0.137. The van der Waals surface area contributed by atoms with Gasteiger partial charge in [0.15, 0.2) is 5.82 Å². The fourth-order valence-electron chi connectivity index (χ4n) is 5.32. The zero-order valence-corrected chi connectivity index (χ0v) is 18.0. The third kappa shape index (κ3) is 3.92. The van der Waals surface area contributed by atoms with Crippen molar-refractivity contribution in [2.24, 2.45) is 0 Å². The predicted molar refractivity (Wildman–Crippen MR) is 114 cm³/mol. The Bertz CT molecular complexity index is 984. The maximum atomic E-state index is 13.1. The molecule has 3 aliphatic rings. The van der Waals surface area contributed by atoms with Crippen LogP contribution in [0.25, 0.3) is 11.3 Å². The minimum absolute atomic E-state index is 0.303. The molecule has 0 radical (unpaired) electrons. The standard InChI is InChI=1S/C23H27F3N4O2/c1-14-9-16(23(24,25)26)11-20(31)21(14)19-10-15-4-7-30(22(15)28-27-19)17-3-2-6-29(12-17)18-5-8-32-13-18/h9-11,17-18,31H,2-8,12-13H2,1H3/t17-,18?/m1/s1. The fraction of sp³-hybridized carbons (Fsp3) is 0.565. The molecule has 1 unspecified atom stereocenters. The number of anilines is 1. The van der Waals surface area contributed by atoms with Crippen LogP contribution in [-0.4, -0.2) is 65.1 Å². The minimum atomic E-state index is -4.51. The quantitative estimate of drug-likeness (QED) is 0.771. The Morgan fingerprint density at radius 2 is 1.94 bits per heavy atom. The maximum absolute atomic E-state index is 13.1. The summed E-state index contributed by atoms with van der Waals surface area (Å²) >= 11 is 0. The van der Waals surface area contributed by atoms with Crippen molar-refractivity contribution in [1.29, 1.82) is 0 Å². The molecule has 5 rings (SSSR count). The Hall–Kier alpha value is -2.39. The first-order valence-corrected chi connectivity index (χ1v) is 11.2. The van der Waals surface area contributed by atoms with Crippen molar-refractivity contribution in [2.45, 2.75) is 50.9 Å². The molecule has 1 N–H and O–H groups in total. The summed E-state index contributed by atoms with van der Waals surface area (Å²) in [5, 5.41) is 19.1. The number of piperidine rings is 1. The van der Waals surface area contributed by atoms with E-state index in [1.165, 1.54) is 0 Å². The van der Waals surface area contributed by atoms with Crippen molar-refractivity contribution in [3.8, 4) is 17.0 Å². The van der Waals surface area contributed by atoms with Gasteiger partial charge >= 0.3 is 6.18 Å². The third-order valence-corrected chi connectivity index (χ3v) is 6.93. The molecule has 1 aromatic carbocycles. The van der Waals surface area contributed by atoms with E-state index in [1.807, 2.05) is 6.07 Å². The maximum Gasteiger partial charge on any atom is 0.416 e. The van der Waals surface area contributed by atoms with Crippen LogP contribution in [0, 0.1) is 6.92 Å². The molecule has 32 heavy (non-hydrogen) atoms. The molecule has 2 fully saturated rings. The monoisotopic (exact) mass is 448 g/mol. The SMILES string of the molecule is Cc1cc(C(F)(F)F)cc(O)c1-c1cc2c(nn1)N([C@@H]1CCCN(C3CCOC3)C1)CC2. The van der Waals surface area contributed by atoms with Gasteiger partial charge in [-0.05, 0) is 62.9 Å². The first kappa shape index (κ1) is 21.5. The molecule has 1 aromatic heterocycles. The second-order valence-electron chi connectivity index (χ2n) is 9.02. The number of phenols is 1. The van der Waals surface area contributed by atoms with Crippen molar-refractivity contribution in [3.63, 3.8) is 0 Å². The Morgan fingerprint density at radius 3 is 2.66 bits per heavy atom. The Labute approximate surface area is 185 Å². The van der Waals surface area contributed by atoms with Crippen LogP contribution in [0.2, 0.25) is 0 Å². The zero-order valence-electron chi connectivity index (χ0n) is 18.0. The number of ether oxygens (including phenoxy) is 1. The number of hydrogen-bond donors (Lipinski definition) is 1. The van der Waals surface area contributed by atoms with Gasteiger partial charge in [-0.25, -0.2) is 0 Å². The van der Waals surface area contributed by atoms with E-state index in [1.54, 1.807) is 6.92 Å². The lowest BCUT2D eigenvalue weighted by Crippen LogP contribution is -2.51. The lowest BCUT2D eigenvalue weighted by Gasteiger charge is -2.40. The molecule has 9 heteroatoms. The number of fused-ring (bicyclic) bond motifs is 1. The van der Waals surface area contributed by atoms with Gasteiger partial charge in [-0.15, -0.1) is 10.2 Å². The Morgan fingerprint density at radius 1 is 1.09 bits per heavy atom. The highest BCUT2D eigenvalue weighted by Gasteiger charge is 2.35. The van der Waals surface area contributed by atoms with Crippen molar-refractivity contribution < 1.29 is 23.0 Å². The molecule has 0 amide bonds. The van der Waals surface area contributed by atoms with Gasteiger partial charge < -0.3 is 14.7 Å². The Balaban J connectivity index is 1.38. The molecule has 0 bridgehead atoms. The summed E-state index contributed by atoms with van der Waals surface area (Å²) in [5.41, 5.74) is 1.18. The first-order chi connectivity index (χ1) is 15.3. The van der Waals surface area contributed by atoms with Crippen molar-refractivity contribution >= 4 is 5.82 Å². The van der Waals surface area contributed by atoms with Crippen LogP contribution in [0.4, 0.5) is 19.0 Å². The number of aryl methyl sites for hydroxylation is 1. The summed E-state index contributed by atoms with van der Waals surface area (Å²) < 4.78 is 44.7. The highest BCUT2D eigenvalue weighted by molar-refractivity contribution is 5.73. The molecule has 4 heterocycles. The molecular weight excluding hydrogens is 421 g/mol.